The van der Waals surface area contributed by atoms with Crippen molar-refractivity contribution in [3.63, 3.8) is 0 Å². The molecule has 0 heterocycles. The van der Waals surface area contributed by atoms with Crippen molar-refractivity contribution < 1.29 is 0 Å². The number of thiocarbonyl (C=S) groups is 1. The van der Waals surface area contributed by atoms with Gasteiger partial charge < -0.3 is 0 Å². The molecule has 0 saturated carbocycles. The normalized spacial score (nSPS) is 9.81. The Balaban J connectivity index is 2.43. The average Bonchev–Trinajstić information content (AvgIpc) is 2.38. The first-order chi connectivity index (χ1) is 7.92. The van der Waals surface area contributed by atoms with Gasteiger partial charge in [0.05, 0.1) is 0 Å². The van der Waals surface area contributed by atoms with Crippen LogP contribution in [0.1, 0.15) is 0 Å². The van der Waals surface area contributed by atoms with Crippen LogP contribution in [0, 0.1) is 0 Å². The number of nitrogens with zero attached hydrogens (tertiary/aromatic N) is 1. The van der Waals surface area contributed by atoms with E-state index in [1.165, 1.54) is 8.70 Å². The summed E-state index contributed by atoms with van der Waals surface area (Å²) in [7, 11) is 0. The summed E-state index contributed by atoms with van der Waals surface area (Å²) in [4.78, 5) is 0. The fourth-order valence-corrected chi connectivity index (χ4v) is 5.06. The summed E-state index contributed by atoms with van der Waals surface area (Å²) in [6.07, 6.45) is 0. The molecule has 2 aromatic rings. The van der Waals surface area contributed by atoms with Gasteiger partial charge in [0.15, 0.2) is 0 Å². The van der Waals surface area contributed by atoms with Crippen LogP contribution in [0.5, 0.6) is 0 Å². The Morgan fingerprint density at radius 1 is 0.812 bits per heavy atom. The van der Waals surface area contributed by atoms with Crippen LogP contribution in [0.4, 0.5) is 0 Å². The maximum absolute atomic E-state index is 4.75. The molecule has 2 rings (SSSR count). The van der Waals surface area contributed by atoms with E-state index in [0.29, 0.717) is 0 Å². The molecule has 78 valence electrons. The molecule has 0 fully saturated rings. The second-order valence-corrected chi connectivity index (χ2v) is 7.25. The molecule has 1 nitrogen and oxygen atoms in total. The van der Waals surface area contributed by atoms with E-state index in [2.05, 4.69) is 33.3 Å². The van der Waals surface area contributed by atoms with Crippen LogP contribution in [0.2, 0.25) is 0 Å². The Bertz CT molecular complexity index is 452. The number of benzene rings is 2. The Kier molecular flexibility index (Phi) is 4.07. The molecule has 0 aromatic heterocycles. The molecule has 2 aromatic carbocycles. The van der Waals surface area contributed by atoms with Gasteiger partial charge in [0.25, 0.3) is 0 Å². The van der Waals surface area contributed by atoms with Gasteiger partial charge in [0, 0.05) is 0 Å². The third-order valence-corrected chi connectivity index (χ3v) is 6.46. The van der Waals surface area contributed by atoms with E-state index >= 15 is 0 Å². The van der Waals surface area contributed by atoms with Crippen LogP contribution in [0.15, 0.2) is 64.6 Å². The number of hydrogen-bond donors (Lipinski definition) is 0. The van der Waals surface area contributed by atoms with Gasteiger partial charge in [0.1, 0.15) is 0 Å². The van der Waals surface area contributed by atoms with Crippen molar-refractivity contribution in [1.29, 1.82) is 0 Å². The molecule has 0 aliphatic carbocycles. The van der Waals surface area contributed by atoms with Crippen LogP contribution in [0.3, 0.4) is 0 Å². The number of rotatable bonds is 3. The summed E-state index contributed by atoms with van der Waals surface area (Å²) in [5.41, 5.74) is 0. The van der Waals surface area contributed by atoms with E-state index in [1.54, 1.807) is 0 Å². The van der Waals surface area contributed by atoms with Crippen LogP contribution in [0.25, 0.3) is 0 Å². The molecular weight excluding hydrogens is 277 g/mol. The SMILES string of the molecule is S=C=N[As](c1ccccc1)c1ccccc1. The average molecular weight is 287 g/mol. The van der Waals surface area contributed by atoms with Gasteiger partial charge in [-0.2, -0.15) is 0 Å². The van der Waals surface area contributed by atoms with Gasteiger partial charge >= 0.3 is 106 Å². The van der Waals surface area contributed by atoms with E-state index in [9.17, 15) is 0 Å². The third-order valence-electron chi connectivity index (χ3n) is 2.14. The van der Waals surface area contributed by atoms with Gasteiger partial charge in [-0.05, 0) is 0 Å². The molecule has 0 N–H and O–H groups in total. The van der Waals surface area contributed by atoms with Gasteiger partial charge in [-0.25, -0.2) is 0 Å². The minimum atomic E-state index is -1.62. The minimum absolute atomic E-state index is 1.28. The quantitative estimate of drug-likeness (QED) is 0.477. The second-order valence-electron chi connectivity index (χ2n) is 3.17. The zero-order valence-corrected chi connectivity index (χ0v) is 11.3. The van der Waals surface area contributed by atoms with Gasteiger partial charge in [-0.3, -0.25) is 0 Å². The predicted molar refractivity (Wildman–Crippen MR) is 72.9 cm³/mol. The first-order valence-electron chi connectivity index (χ1n) is 4.90. The Morgan fingerprint density at radius 3 is 1.62 bits per heavy atom. The maximum atomic E-state index is 4.75. The molecule has 0 spiro atoms. The van der Waals surface area contributed by atoms with E-state index in [4.69, 9.17) is 12.2 Å². The van der Waals surface area contributed by atoms with Crippen LogP contribution >= 0.6 is 12.2 Å². The summed E-state index contributed by atoms with van der Waals surface area (Å²) in [5.74, 6) is 0. The molecule has 3 heteroatoms. The summed E-state index contributed by atoms with van der Waals surface area (Å²) in [6, 6.07) is 20.7. The van der Waals surface area contributed by atoms with Gasteiger partial charge in [-0.1, -0.05) is 0 Å². The molecule has 0 saturated heterocycles. The monoisotopic (exact) mass is 287 g/mol. The van der Waals surface area contributed by atoms with Crippen molar-refractivity contribution in [2.24, 2.45) is 3.91 Å². The van der Waals surface area contributed by atoms with E-state index in [0.717, 1.165) is 0 Å². The molecule has 0 radical (unpaired) electrons. The van der Waals surface area contributed by atoms with Crippen LogP contribution < -0.4 is 8.70 Å². The first kappa shape index (κ1) is 11.3. The Hall–Kier alpha value is -1.20. The Labute approximate surface area is 105 Å². The van der Waals surface area contributed by atoms with E-state index in [-0.39, 0.29) is 0 Å². The van der Waals surface area contributed by atoms with Crippen molar-refractivity contribution >= 4 is 41.0 Å². The summed E-state index contributed by atoms with van der Waals surface area (Å²) in [5, 5.41) is 2.54. The van der Waals surface area contributed by atoms with Crippen molar-refractivity contribution in [1.82, 2.24) is 0 Å². The first-order valence-corrected chi connectivity index (χ1v) is 8.02. The fraction of sp³-hybridized carbons (Fsp3) is 0. The van der Waals surface area contributed by atoms with Crippen LogP contribution in [-0.2, 0) is 0 Å². The standard InChI is InChI=1S/C13H10AsNS/c16-11-15-14(12-7-3-1-4-8-12)13-9-5-2-6-10-13/h1-10H. The second kappa shape index (κ2) is 5.77. The number of hydrogen-bond acceptors (Lipinski definition) is 2. The van der Waals surface area contributed by atoms with Crippen molar-refractivity contribution in [2.75, 3.05) is 0 Å². The zero-order valence-electron chi connectivity index (χ0n) is 8.58. The van der Waals surface area contributed by atoms with Crippen molar-refractivity contribution in [3.8, 4) is 0 Å². The topological polar surface area (TPSA) is 12.4 Å². The van der Waals surface area contributed by atoms with Gasteiger partial charge in [-0.15, -0.1) is 0 Å². The predicted octanol–water partition coefficient (Wildman–Crippen LogP) is 1.90. The molecule has 0 aliphatic rings. The summed E-state index contributed by atoms with van der Waals surface area (Å²) in [6.45, 7) is 0. The Morgan fingerprint density at radius 2 is 1.25 bits per heavy atom. The molecule has 16 heavy (non-hydrogen) atoms. The van der Waals surface area contributed by atoms with Gasteiger partial charge in [0.2, 0.25) is 0 Å². The molecule has 0 atom stereocenters. The molecule has 0 bridgehead atoms. The molecule has 0 unspecified atom stereocenters. The molecular formula is C13H10AsNS. The fourth-order valence-electron chi connectivity index (χ4n) is 1.44. The van der Waals surface area contributed by atoms with Crippen molar-refractivity contribution in [3.05, 3.63) is 60.7 Å². The third kappa shape index (κ3) is 2.68. The number of isothiocyanates is 1. The van der Waals surface area contributed by atoms with Crippen LogP contribution in [-0.4, -0.2) is 20.0 Å². The summed E-state index contributed by atoms with van der Waals surface area (Å²) < 4.78 is 6.93. The zero-order chi connectivity index (χ0) is 11.2. The van der Waals surface area contributed by atoms with Crippen molar-refractivity contribution in [2.45, 2.75) is 0 Å². The summed E-state index contributed by atoms with van der Waals surface area (Å²) >= 11 is 3.13. The molecule has 0 amide bonds. The molecule has 0 aliphatic heterocycles. The van der Waals surface area contributed by atoms with E-state index in [1.807, 2.05) is 36.4 Å². The van der Waals surface area contributed by atoms with E-state index < -0.39 is 14.9 Å².